The number of hydrogen-bond donors (Lipinski definition) is 2. The predicted octanol–water partition coefficient (Wildman–Crippen LogP) is 3.57. The maximum absolute atomic E-state index is 4.50. The molecule has 1 aromatic heterocycles. The second-order valence-corrected chi connectivity index (χ2v) is 6.14. The first-order valence-electron chi connectivity index (χ1n) is 6.62. The van der Waals surface area contributed by atoms with Crippen molar-refractivity contribution >= 4 is 35.2 Å². The van der Waals surface area contributed by atoms with Crippen LogP contribution in [0.2, 0.25) is 0 Å². The molecular formula is C13H24N4S2. The summed E-state index contributed by atoms with van der Waals surface area (Å²) >= 11 is 3.44. The summed E-state index contributed by atoms with van der Waals surface area (Å²) in [6.07, 6.45) is 6.36. The summed E-state index contributed by atoms with van der Waals surface area (Å²) in [5, 5.41) is 7.57. The Labute approximate surface area is 125 Å². The van der Waals surface area contributed by atoms with E-state index in [2.05, 4.69) is 40.7 Å². The number of rotatable bonds is 9. The van der Waals surface area contributed by atoms with Gasteiger partial charge in [0.1, 0.15) is 11.6 Å². The summed E-state index contributed by atoms with van der Waals surface area (Å²) in [6, 6.07) is 2.42. The van der Waals surface area contributed by atoms with Gasteiger partial charge in [0.2, 0.25) is 0 Å². The number of aromatic nitrogens is 2. The Hall–Kier alpha value is -0.620. The van der Waals surface area contributed by atoms with Crippen LogP contribution in [0.25, 0.3) is 0 Å². The molecule has 0 radical (unpaired) electrons. The van der Waals surface area contributed by atoms with Gasteiger partial charge < -0.3 is 10.6 Å². The normalized spacial score (nSPS) is 12.2. The highest BCUT2D eigenvalue weighted by Crippen LogP contribution is 2.18. The first kappa shape index (κ1) is 16.4. The van der Waals surface area contributed by atoms with Crippen LogP contribution in [0, 0.1) is 0 Å². The van der Waals surface area contributed by atoms with Crippen molar-refractivity contribution in [3.8, 4) is 0 Å². The highest BCUT2D eigenvalue weighted by molar-refractivity contribution is 7.98. The fraction of sp³-hybridized carbons (Fsp3) is 0.692. The van der Waals surface area contributed by atoms with E-state index in [1.165, 1.54) is 0 Å². The second kappa shape index (κ2) is 9.31. The molecule has 0 aromatic carbocycles. The highest BCUT2D eigenvalue weighted by Gasteiger charge is 2.07. The molecule has 6 heteroatoms. The van der Waals surface area contributed by atoms with E-state index in [4.69, 9.17) is 0 Å². The Kier molecular flexibility index (Phi) is 8.05. The third kappa shape index (κ3) is 6.38. The quantitative estimate of drug-likeness (QED) is 0.537. The van der Waals surface area contributed by atoms with E-state index in [0.29, 0.717) is 6.04 Å². The number of thioether (sulfide) groups is 2. The van der Waals surface area contributed by atoms with E-state index in [9.17, 15) is 0 Å². The second-order valence-electron chi connectivity index (χ2n) is 4.38. The molecule has 1 atom stereocenters. The van der Waals surface area contributed by atoms with Crippen LogP contribution < -0.4 is 10.6 Å². The van der Waals surface area contributed by atoms with Gasteiger partial charge in [0.15, 0.2) is 5.16 Å². The molecule has 4 nitrogen and oxygen atoms in total. The fourth-order valence-corrected chi connectivity index (χ4v) is 2.52. The molecule has 1 unspecified atom stereocenters. The lowest BCUT2D eigenvalue weighted by Gasteiger charge is -2.15. The first-order valence-corrected chi connectivity index (χ1v) is 9.23. The first-order chi connectivity index (χ1) is 9.19. The predicted molar refractivity (Wildman–Crippen MR) is 88.7 cm³/mol. The van der Waals surface area contributed by atoms with Gasteiger partial charge in [0, 0.05) is 18.7 Å². The van der Waals surface area contributed by atoms with Crippen molar-refractivity contribution in [3.63, 3.8) is 0 Å². The molecule has 1 heterocycles. The van der Waals surface area contributed by atoms with E-state index in [1.807, 2.05) is 24.1 Å². The van der Waals surface area contributed by atoms with Gasteiger partial charge in [0.25, 0.3) is 0 Å². The number of anilines is 2. The molecule has 19 heavy (non-hydrogen) atoms. The van der Waals surface area contributed by atoms with E-state index < -0.39 is 0 Å². The van der Waals surface area contributed by atoms with E-state index in [0.717, 1.165) is 41.9 Å². The van der Waals surface area contributed by atoms with Crippen molar-refractivity contribution in [2.75, 3.05) is 35.4 Å². The van der Waals surface area contributed by atoms with Crippen LogP contribution in [0.5, 0.6) is 0 Å². The minimum absolute atomic E-state index is 0.427. The van der Waals surface area contributed by atoms with Gasteiger partial charge in [0.05, 0.1) is 0 Å². The molecule has 0 saturated carbocycles. The number of nitrogens with one attached hydrogen (secondary N) is 2. The molecular weight excluding hydrogens is 276 g/mol. The number of nitrogens with zero attached hydrogens (tertiary/aromatic N) is 2. The SMILES string of the molecule is CCCNc1cc(NC(C)CCSC)nc(SC)n1. The zero-order valence-corrected chi connectivity index (χ0v) is 13.8. The fourth-order valence-electron chi connectivity index (χ4n) is 1.55. The summed E-state index contributed by atoms with van der Waals surface area (Å²) in [7, 11) is 0. The van der Waals surface area contributed by atoms with Crippen molar-refractivity contribution in [2.24, 2.45) is 0 Å². The van der Waals surface area contributed by atoms with E-state index in [1.54, 1.807) is 11.8 Å². The maximum Gasteiger partial charge on any atom is 0.191 e. The van der Waals surface area contributed by atoms with Crippen LogP contribution in [-0.4, -0.2) is 40.8 Å². The topological polar surface area (TPSA) is 49.8 Å². The van der Waals surface area contributed by atoms with E-state index in [-0.39, 0.29) is 0 Å². The summed E-state index contributed by atoms with van der Waals surface area (Å²) in [4.78, 5) is 8.96. The Morgan fingerprint density at radius 3 is 2.63 bits per heavy atom. The molecule has 0 saturated heterocycles. The molecule has 2 N–H and O–H groups in total. The van der Waals surface area contributed by atoms with Crippen LogP contribution >= 0.6 is 23.5 Å². The standard InChI is InChI=1S/C13H24N4S2/c1-5-7-14-11-9-12(17-13(16-11)19-4)15-10(2)6-8-18-3/h9-10H,5-8H2,1-4H3,(H2,14,15,16,17). The number of hydrogen-bond acceptors (Lipinski definition) is 6. The van der Waals surface area contributed by atoms with Crippen LogP contribution in [0.4, 0.5) is 11.6 Å². The van der Waals surface area contributed by atoms with Gasteiger partial charge in [-0.3, -0.25) is 0 Å². The lowest BCUT2D eigenvalue weighted by molar-refractivity contribution is 0.761. The molecule has 1 rings (SSSR count). The average molecular weight is 300 g/mol. The zero-order valence-electron chi connectivity index (χ0n) is 12.2. The Morgan fingerprint density at radius 1 is 1.26 bits per heavy atom. The lowest BCUT2D eigenvalue weighted by atomic mass is 10.2. The van der Waals surface area contributed by atoms with Crippen LogP contribution in [0.15, 0.2) is 11.2 Å². The van der Waals surface area contributed by atoms with Crippen LogP contribution in [0.1, 0.15) is 26.7 Å². The van der Waals surface area contributed by atoms with Crippen molar-refractivity contribution < 1.29 is 0 Å². The largest absolute Gasteiger partial charge is 0.370 e. The van der Waals surface area contributed by atoms with Gasteiger partial charge in [-0.05, 0) is 38.0 Å². The summed E-state index contributed by atoms with van der Waals surface area (Å²) in [5.41, 5.74) is 0. The molecule has 0 aliphatic rings. The van der Waals surface area contributed by atoms with Gasteiger partial charge in [-0.1, -0.05) is 18.7 Å². The molecule has 0 bridgehead atoms. The van der Waals surface area contributed by atoms with Crippen molar-refractivity contribution in [2.45, 2.75) is 37.9 Å². The summed E-state index contributed by atoms with van der Waals surface area (Å²) < 4.78 is 0. The van der Waals surface area contributed by atoms with Crippen molar-refractivity contribution in [1.82, 2.24) is 9.97 Å². The van der Waals surface area contributed by atoms with Gasteiger partial charge in [-0.2, -0.15) is 11.8 Å². The minimum Gasteiger partial charge on any atom is -0.370 e. The molecule has 0 spiro atoms. The van der Waals surface area contributed by atoms with E-state index >= 15 is 0 Å². The van der Waals surface area contributed by atoms with Crippen LogP contribution in [0.3, 0.4) is 0 Å². The average Bonchev–Trinajstić information content (AvgIpc) is 2.42. The van der Waals surface area contributed by atoms with Gasteiger partial charge in [-0.15, -0.1) is 0 Å². The van der Waals surface area contributed by atoms with Crippen molar-refractivity contribution in [1.29, 1.82) is 0 Å². The molecule has 0 aliphatic carbocycles. The molecule has 108 valence electrons. The third-order valence-electron chi connectivity index (χ3n) is 2.59. The molecule has 1 aromatic rings. The monoisotopic (exact) mass is 300 g/mol. The van der Waals surface area contributed by atoms with Gasteiger partial charge >= 0.3 is 0 Å². The smallest absolute Gasteiger partial charge is 0.191 e. The Bertz CT molecular complexity index is 374. The minimum atomic E-state index is 0.427. The Balaban J connectivity index is 2.69. The van der Waals surface area contributed by atoms with Crippen LogP contribution in [-0.2, 0) is 0 Å². The third-order valence-corrected chi connectivity index (χ3v) is 3.79. The molecule has 0 aliphatic heterocycles. The zero-order chi connectivity index (χ0) is 14.1. The van der Waals surface area contributed by atoms with Gasteiger partial charge in [-0.25, -0.2) is 9.97 Å². The summed E-state index contributed by atoms with van der Waals surface area (Å²) in [6.45, 7) is 5.27. The lowest BCUT2D eigenvalue weighted by Crippen LogP contribution is -2.17. The Morgan fingerprint density at radius 2 is 2.00 bits per heavy atom. The highest BCUT2D eigenvalue weighted by atomic mass is 32.2. The molecule has 0 amide bonds. The van der Waals surface area contributed by atoms with Crippen molar-refractivity contribution in [3.05, 3.63) is 6.07 Å². The summed E-state index contributed by atoms with van der Waals surface area (Å²) in [5.74, 6) is 2.97. The molecule has 0 fully saturated rings. The maximum atomic E-state index is 4.50.